The lowest BCUT2D eigenvalue weighted by atomic mass is 9.84. The fraction of sp³-hybridized carbons (Fsp3) is 0.647. The second-order valence-corrected chi connectivity index (χ2v) is 7.37. The zero-order chi connectivity index (χ0) is 13.1. The number of hydrogen-bond donors (Lipinski definition) is 1. The molecule has 0 saturated heterocycles. The van der Waals surface area contributed by atoms with Gasteiger partial charge in [0.05, 0.1) is 0 Å². The summed E-state index contributed by atoms with van der Waals surface area (Å²) in [5, 5.41) is 3.54. The fourth-order valence-corrected chi connectivity index (χ4v) is 5.06. The van der Waals surface area contributed by atoms with Gasteiger partial charge in [-0.2, -0.15) is 0 Å². The predicted molar refractivity (Wildman–Crippen MR) is 83.6 cm³/mol. The van der Waals surface area contributed by atoms with E-state index in [9.17, 15) is 0 Å². The highest BCUT2D eigenvalue weighted by atomic mass is 32.2. The molecule has 2 bridgehead atoms. The Bertz CT molecular complexity index is 392. The van der Waals surface area contributed by atoms with Crippen LogP contribution in [0.3, 0.4) is 0 Å². The van der Waals surface area contributed by atoms with Crippen molar-refractivity contribution in [3.63, 3.8) is 0 Å². The SMILES string of the molecule is CNC(CSc1ccccc1)CC1CC2CCC1C2. The van der Waals surface area contributed by atoms with Crippen LogP contribution in [0.2, 0.25) is 0 Å². The summed E-state index contributed by atoms with van der Waals surface area (Å²) >= 11 is 1.99. The van der Waals surface area contributed by atoms with Crippen LogP contribution >= 0.6 is 11.8 Å². The number of benzene rings is 1. The van der Waals surface area contributed by atoms with Crippen LogP contribution < -0.4 is 5.32 Å². The van der Waals surface area contributed by atoms with E-state index in [0.29, 0.717) is 6.04 Å². The third-order valence-corrected chi connectivity index (χ3v) is 6.25. The van der Waals surface area contributed by atoms with Crippen LogP contribution in [0.15, 0.2) is 35.2 Å². The molecule has 0 aliphatic heterocycles. The van der Waals surface area contributed by atoms with Crippen LogP contribution in [0, 0.1) is 17.8 Å². The number of thioether (sulfide) groups is 1. The van der Waals surface area contributed by atoms with Crippen LogP contribution in [-0.4, -0.2) is 18.8 Å². The van der Waals surface area contributed by atoms with Crippen molar-refractivity contribution >= 4 is 11.8 Å². The fourth-order valence-electron chi connectivity index (χ4n) is 4.01. The Hall–Kier alpha value is -0.470. The number of rotatable bonds is 6. The molecule has 19 heavy (non-hydrogen) atoms. The molecule has 2 aliphatic carbocycles. The number of nitrogens with one attached hydrogen (secondary N) is 1. The van der Waals surface area contributed by atoms with Crippen LogP contribution in [0.1, 0.15) is 32.1 Å². The molecule has 4 unspecified atom stereocenters. The van der Waals surface area contributed by atoms with Crippen LogP contribution in [0.5, 0.6) is 0 Å². The Morgan fingerprint density at radius 1 is 1.21 bits per heavy atom. The highest BCUT2D eigenvalue weighted by Gasteiger charge is 2.39. The van der Waals surface area contributed by atoms with Gasteiger partial charge in [0.1, 0.15) is 0 Å². The monoisotopic (exact) mass is 275 g/mol. The largest absolute Gasteiger partial charge is 0.316 e. The van der Waals surface area contributed by atoms with Gasteiger partial charge >= 0.3 is 0 Å². The predicted octanol–water partition coefficient (Wildman–Crippen LogP) is 4.19. The average Bonchev–Trinajstić information content (AvgIpc) is 3.07. The molecule has 1 aromatic carbocycles. The second kappa shape index (κ2) is 6.32. The van der Waals surface area contributed by atoms with Gasteiger partial charge in [0.2, 0.25) is 0 Å². The molecule has 2 aliphatic rings. The molecule has 3 rings (SSSR count). The normalized spacial score (nSPS) is 30.7. The minimum atomic E-state index is 0.676. The summed E-state index contributed by atoms with van der Waals surface area (Å²) in [6.07, 6.45) is 7.46. The summed E-state index contributed by atoms with van der Waals surface area (Å²) in [7, 11) is 2.13. The van der Waals surface area contributed by atoms with Gasteiger partial charge < -0.3 is 5.32 Å². The Labute approximate surface area is 121 Å². The van der Waals surface area contributed by atoms with Crippen LogP contribution in [0.4, 0.5) is 0 Å². The summed E-state index contributed by atoms with van der Waals surface area (Å²) in [5.41, 5.74) is 0. The highest BCUT2D eigenvalue weighted by molar-refractivity contribution is 7.99. The van der Waals surface area contributed by atoms with E-state index in [1.807, 2.05) is 11.8 Å². The molecule has 1 aromatic rings. The van der Waals surface area contributed by atoms with Gasteiger partial charge in [-0.15, -0.1) is 11.8 Å². The van der Waals surface area contributed by atoms with E-state index in [4.69, 9.17) is 0 Å². The van der Waals surface area contributed by atoms with Crippen molar-refractivity contribution in [2.75, 3.05) is 12.8 Å². The van der Waals surface area contributed by atoms with Gasteiger partial charge in [0.15, 0.2) is 0 Å². The smallest absolute Gasteiger partial charge is 0.0161 e. The summed E-state index contributed by atoms with van der Waals surface area (Å²) in [5.74, 6) is 4.35. The molecule has 0 heterocycles. The summed E-state index contributed by atoms with van der Waals surface area (Å²) in [6.45, 7) is 0. The molecular formula is C17H25NS. The zero-order valence-electron chi connectivity index (χ0n) is 11.8. The molecule has 1 nitrogen and oxygen atoms in total. The van der Waals surface area contributed by atoms with Crippen molar-refractivity contribution in [2.45, 2.75) is 43.0 Å². The van der Waals surface area contributed by atoms with E-state index in [0.717, 1.165) is 17.8 Å². The maximum atomic E-state index is 3.54. The Morgan fingerprint density at radius 3 is 2.68 bits per heavy atom. The first-order valence-electron chi connectivity index (χ1n) is 7.70. The summed E-state index contributed by atoms with van der Waals surface area (Å²) in [6, 6.07) is 11.5. The summed E-state index contributed by atoms with van der Waals surface area (Å²) < 4.78 is 0. The second-order valence-electron chi connectivity index (χ2n) is 6.28. The van der Waals surface area contributed by atoms with Crippen molar-refractivity contribution in [3.8, 4) is 0 Å². The molecule has 1 N–H and O–H groups in total. The van der Waals surface area contributed by atoms with E-state index in [2.05, 4.69) is 42.7 Å². The van der Waals surface area contributed by atoms with Gasteiger partial charge in [-0.25, -0.2) is 0 Å². The van der Waals surface area contributed by atoms with E-state index in [1.165, 1.54) is 42.8 Å². The highest BCUT2D eigenvalue weighted by Crippen LogP contribution is 2.50. The molecule has 0 radical (unpaired) electrons. The molecule has 0 spiro atoms. The van der Waals surface area contributed by atoms with Gasteiger partial charge in [-0.1, -0.05) is 24.6 Å². The quantitative estimate of drug-likeness (QED) is 0.781. The minimum Gasteiger partial charge on any atom is -0.316 e. The molecule has 0 amide bonds. The van der Waals surface area contributed by atoms with Crippen molar-refractivity contribution in [3.05, 3.63) is 30.3 Å². The van der Waals surface area contributed by atoms with Crippen molar-refractivity contribution in [2.24, 2.45) is 17.8 Å². The molecular weight excluding hydrogens is 250 g/mol. The average molecular weight is 275 g/mol. The van der Waals surface area contributed by atoms with Crippen molar-refractivity contribution in [1.82, 2.24) is 5.32 Å². The standard InChI is InChI=1S/C17H25NS/c1-18-16(12-19-17-5-3-2-4-6-17)11-15-10-13-7-8-14(15)9-13/h2-6,13-16,18H,7-12H2,1H3. The maximum absolute atomic E-state index is 3.54. The summed E-state index contributed by atoms with van der Waals surface area (Å²) in [4.78, 5) is 1.40. The Kier molecular flexibility index (Phi) is 4.49. The maximum Gasteiger partial charge on any atom is 0.0161 e. The topological polar surface area (TPSA) is 12.0 Å². The van der Waals surface area contributed by atoms with Crippen LogP contribution in [-0.2, 0) is 0 Å². The van der Waals surface area contributed by atoms with Gasteiger partial charge in [-0.05, 0) is 62.6 Å². The van der Waals surface area contributed by atoms with Gasteiger partial charge in [0, 0.05) is 16.7 Å². The first kappa shape index (κ1) is 13.5. The van der Waals surface area contributed by atoms with Crippen molar-refractivity contribution < 1.29 is 0 Å². The van der Waals surface area contributed by atoms with Crippen molar-refractivity contribution in [1.29, 1.82) is 0 Å². The van der Waals surface area contributed by atoms with Gasteiger partial charge in [0.25, 0.3) is 0 Å². The van der Waals surface area contributed by atoms with Gasteiger partial charge in [-0.3, -0.25) is 0 Å². The first-order valence-corrected chi connectivity index (χ1v) is 8.69. The van der Waals surface area contributed by atoms with E-state index >= 15 is 0 Å². The van der Waals surface area contributed by atoms with E-state index < -0.39 is 0 Å². The molecule has 2 saturated carbocycles. The first-order chi connectivity index (χ1) is 9.35. The lowest BCUT2D eigenvalue weighted by Gasteiger charge is -2.26. The number of hydrogen-bond acceptors (Lipinski definition) is 2. The third kappa shape index (κ3) is 3.35. The molecule has 2 fully saturated rings. The third-order valence-electron chi connectivity index (χ3n) is 5.07. The van der Waals surface area contributed by atoms with Crippen LogP contribution in [0.25, 0.3) is 0 Å². The Morgan fingerprint density at radius 2 is 2.05 bits per heavy atom. The minimum absolute atomic E-state index is 0.676. The molecule has 4 atom stereocenters. The number of fused-ring (bicyclic) bond motifs is 2. The molecule has 104 valence electrons. The lowest BCUT2D eigenvalue weighted by molar-refractivity contribution is 0.290. The molecule has 2 heteroatoms. The zero-order valence-corrected chi connectivity index (χ0v) is 12.7. The molecule has 0 aromatic heterocycles. The van der Waals surface area contributed by atoms with E-state index in [1.54, 1.807) is 0 Å². The lowest BCUT2D eigenvalue weighted by Crippen LogP contribution is -2.31. The Balaban J connectivity index is 1.48. The van der Waals surface area contributed by atoms with E-state index in [-0.39, 0.29) is 0 Å².